The SMILES string of the molecule is NC(=O)Nc1ccc(C(=O)N2CCN(C(=O)c3ccc(C(F)(F)F)cc3)CC2)cc1. The van der Waals surface area contributed by atoms with Crippen LogP contribution in [-0.2, 0) is 6.18 Å². The van der Waals surface area contributed by atoms with Crippen molar-refractivity contribution >= 4 is 23.5 Å². The summed E-state index contributed by atoms with van der Waals surface area (Å²) in [5, 5.41) is 2.40. The van der Waals surface area contributed by atoms with E-state index in [-0.39, 0.29) is 30.5 Å². The zero-order chi connectivity index (χ0) is 21.9. The highest BCUT2D eigenvalue weighted by Gasteiger charge is 2.31. The molecular formula is C20H19F3N4O3. The second-order valence-corrected chi connectivity index (χ2v) is 6.73. The summed E-state index contributed by atoms with van der Waals surface area (Å²) in [6.07, 6.45) is -4.46. The van der Waals surface area contributed by atoms with Crippen LogP contribution in [0.3, 0.4) is 0 Å². The first-order valence-corrected chi connectivity index (χ1v) is 9.07. The molecule has 0 spiro atoms. The van der Waals surface area contributed by atoms with Crippen molar-refractivity contribution in [2.45, 2.75) is 6.18 Å². The number of rotatable bonds is 3. The predicted octanol–water partition coefficient (Wildman–Crippen LogP) is 2.79. The lowest BCUT2D eigenvalue weighted by Crippen LogP contribution is -2.50. The molecule has 30 heavy (non-hydrogen) atoms. The zero-order valence-corrected chi connectivity index (χ0v) is 15.8. The summed E-state index contributed by atoms with van der Waals surface area (Å²) in [6.45, 7) is 1.14. The first-order chi connectivity index (χ1) is 14.1. The number of nitrogens with two attached hydrogens (primary N) is 1. The topological polar surface area (TPSA) is 95.7 Å². The Morgan fingerprint density at radius 2 is 1.17 bits per heavy atom. The molecule has 2 aromatic carbocycles. The number of nitrogens with one attached hydrogen (secondary N) is 1. The summed E-state index contributed by atoms with van der Waals surface area (Å²) in [4.78, 5) is 39.1. The summed E-state index contributed by atoms with van der Waals surface area (Å²) in [5.41, 5.74) is 5.28. The number of carbonyl (C=O) groups is 3. The molecule has 0 aromatic heterocycles. The minimum absolute atomic E-state index is 0.167. The van der Waals surface area contributed by atoms with Gasteiger partial charge in [0, 0.05) is 43.0 Å². The molecule has 7 nitrogen and oxygen atoms in total. The quantitative estimate of drug-likeness (QED) is 0.799. The molecule has 3 N–H and O–H groups in total. The Morgan fingerprint density at radius 3 is 1.53 bits per heavy atom. The van der Waals surface area contributed by atoms with E-state index in [4.69, 9.17) is 5.73 Å². The number of benzene rings is 2. The Kier molecular flexibility index (Phi) is 5.95. The van der Waals surface area contributed by atoms with Crippen LogP contribution in [0, 0.1) is 0 Å². The maximum Gasteiger partial charge on any atom is 0.416 e. The summed E-state index contributed by atoms with van der Waals surface area (Å²) >= 11 is 0. The second kappa shape index (κ2) is 8.44. The molecule has 1 heterocycles. The highest BCUT2D eigenvalue weighted by molar-refractivity contribution is 5.96. The summed E-state index contributed by atoms with van der Waals surface area (Å²) < 4.78 is 38.0. The van der Waals surface area contributed by atoms with Crippen LogP contribution in [-0.4, -0.2) is 53.8 Å². The van der Waals surface area contributed by atoms with Crippen LogP contribution >= 0.6 is 0 Å². The van der Waals surface area contributed by atoms with Gasteiger partial charge in [-0.2, -0.15) is 13.2 Å². The molecule has 3 rings (SSSR count). The average Bonchev–Trinajstić information content (AvgIpc) is 2.72. The largest absolute Gasteiger partial charge is 0.416 e. The Hall–Kier alpha value is -3.56. The van der Waals surface area contributed by atoms with E-state index in [2.05, 4.69) is 5.32 Å². The zero-order valence-electron chi connectivity index (χ0n) is 15.8. The van der Waals surface area contributed by atoms with E-state index in [9.17, 15) is 27.6 Å². The molecule has 0 unspecified atom stereocenters. The lowest BCUT2D eigenvalue weighted by molar-refractivity contribution is -0.137. The summed E-state index contributed by atoms with van der Waals surface area (Å²) in [7, 11) is 0. The van der Waals surface area contributed by atoms with Gasteiger partial charge in [-0.25, -0.2) is 4.79 Å². The van der Waals surface area contributed by atoms with E-state index in [0.29, 0.717) is 24.3 Å². The normalized spacial score (nSPS) is 14.4. The number of piperazine rings is 1. The van der Waals surface area contributed by atoms with Gasteiger partial charge in [0.05, 0.1) is 5.56 Å². The number of amides is 4. The first-order valence-electron chi connectivity index (χ1n) is 9.07. The molecule has 1 aliphatic heterocycles. The van der Waals surface area contributed by atoms with Crippen LogP contribution in [0.1, 0.15) is 26.3 Å². The van der Waals surface area contributed by atoms with Crippen molar-refractivity contribution in [2.24, 2.45) is 5.73 Å². The molecule has 4 amide bonds. The van der Waals surface area contributed by atoms with E-state index >= 15 is 0 Å². The number of carbonyl (C=O) groups excluding carboxylic acids is 3. The molecule has 10 heteroatoms. The molecule has 1 aliphatic rings. The van der Waals surface area contributed by atoms with Crippen molar-refractivity contribution in [3.8, 4) is 0 Å². The molecule has 0 bridgehead atoms. The molecule has 0 atom stereocenters. The lowest BCUT2D eigenvalue weighted by Gasteiger charge is -2.35. The van der Waals surface area contributed by atoms with Gasteiger partial charge in [-0.15, -0.1) is 0 Å². The van der Waals surface area contributed by atoms with E-state index < -0.39 is 17.8 Å². The van der Waals surface area contributed by atoms with Gasteiger partial charge in [0.2, 0.25) is 0 Å². The number of halogens is 3. The third kappa shape index (κ3) is 4.88. The van der Waals surface area contributed by atoms with Gasteiger partial charge in [0.25, 0.3) is 11.8 Å². The minimum Gasteiger partial charge on any atom is -0.351 e. The monoisotopic (exact) mass is 420 g/mol. The van der Waals surface area contributed by atoms with E-state index in [0.717, 1.165) is 24.3 Å². The van der Waals surface area contributed by atoms with Crippen molar-refractivity contribution in [3.05, 3.63) is 65.2 Å². The number of primary amides is 1. The van der Waals surface area contributed by atoms with Gasteiger partial charge < -0.3 is 20.9 Å². The van der Waals surface area contributed by atoms with Gasteiger partial charge in [-0.05, 0) is 48.5 Å². The molecular weight excluding hydrogens is 401 g/mol. The number of hydrogen-bond donors (Lipinski definition) is 2. The number of nitrogens with zero attached hydrogens (tertiary/aromatic N) is 2. The molecule has 158 valence electrons. The maximum absolute atomic E-state index is 12.7. The summed E-state index contributed by atoms with van der Waals surface area (Å²) in [5.74, 6) is -0.597. The van der Waals surface area contributed by atoms with Crippen LogP contribution in [0.25, 0.3) is 0 Å². The number of anilines is 1. The van der Waals surface area contributed by atoms with Crippen LogP contribution < -0.4 is 11.1 Å². The fourth-order valence-electron chi connectivity index (χ4n) is 3.12. The average molecular weight is 420 g/mol. The molecule has 0 aliphatic carbocycles. The Bertz CT molecular complexity index is 935. The summed E-state index contributed by atoms with van der Waals surface area (Å²) in [6, 6.07) is 9.61. The predicted molar refractivity (Wildman–Crippen MR) is 103 cm³/mol. The van der Waals surface area contributed by atoms with Gasteiger partial charge in [-0.1, -0.05) is 0 Å². The van der Waals surface area contributed by atoms with Gasteiger partial charge in [0.1, 0.15) is 0 Å². The third-order valence-corrected chi connectivity index (χ3v) is 4.71. The Morgan fingerprint density at radius 1 is 0.767 bits per heavy atom. The lowest BCUT2D eigenvalue weighted by atomic mass is 10.1. The van der Waals surface area contributed by atoms with Crippen LogP contribution in [0.15, 0.2) is 48.5 Å². The highest BCUT2D eigenvalue weighted by atomic mass is 19.4. The number of alkyl halides is 3. The fraction of sp³-hybridized carbons (Fsp3) is 0.250. The molecule has 0 radical (unpaired) electrons. The van der Waals surface area contributed by atoms with E-state index in [1.807, 2.05) is 0 Å². The molecule has 1 saturated heterocycles. The van der Waals surface area contributed by atoms with E-state index in [1.165, 1.54) is 4.90 Å². The van der Waals surface area contributed by atoms with Crippen molar-refractivity contribution in [1.29, 1.82) is 0 Å². The standard InChI is InChI=1S/C20H19F3N4O3/c21-20(22,23)15-5-1-13(2-6-15)17(28)26-9-11-27(12-10-26)18(29)14-3-7-16(8-4-14)25-19(24)30/h1-8H,9-12H2,(H3,24,25,30). The van der Waals surface area contributed by atoms with Gasteiger partial charge >= 0.3 is 12.2 Å². The Labute approximate surface area is 170 Å². The Balaban J connectivity index is 1.58. The van der Waals surface area contributed by atoms with Crippen molar-refractivity contribution in [3.63, 3.8) is 0 Å². The molecule has 2 aromatic rings. The van der Waals surface area contributed by atoms with Crippen molar-refractivity contribution in [1.82, 2.24) is 9.80 Å². The fourth-order valence-corrected chi connectivity index (χ4v) is 3.12. The molecule has 1 fully saturated rings. The van der Waals surface area contributed by atoms with Crippen LogP contribution in [0.5, 0.6) is 0 Å². The smallest absolute Gasteiger partial charge is 0.351 e. The van der Waals surface area contributed by atoms with Crippen LogP contribution in [0.4, 0.5) is 23.7 Å². The maximum atomic E-state index is 12.7. The first kappa shape index (κ1) is 21.2. The van der Waals surface area contributed by atoms with Crippen molar-refractivity contribution < 1.29 is 27.6 Å². The highest BCUT2D eigenvalue weighted by Crippen LogP contribution is 2.29. The minimum atomic E-state index is -4.46. The molecule has 0 saturated carbocycles. The number of hydrogen-bond acceptors (Lipinski definition) is 3. The third-order valence-electron chi connectivity index (χ3n) is 4.71. The van der Waals surface area contributed by atoms with Gasteiger partial charge in [-0.3, -0.25) is 9.59 Å². The number of urea groups is 1. The van der Waals surface area contributed by atoms with E-state index in [1.54, 1.807) is 29.2 Å². The second-order valence-electron chi connectivity index (χ2n) is 6.73. The van der Waals surface area contributed by atoms with Crippen LogP contribution in [0.2, 0.25) is 0 Å². The van der Waals surface area contributed by atoms with Crippen molar-refractivity contribution in [2.75, 3.05) is 31.5 Å². The van der Waals surface area contributed by atoms with Gasteiger partial charge in [0.15, 0.2) is 0 Å².